The van der Waals surface area contributed by atoms with Crippen molar-refractivity contribution < 1.29 is 14.2 Å². The van der Waals surface area contributed by atoms with Gasteiger partial charge in [-0.1, -0.05) is 18.2 Å². The second-order valence-corrected chi connectivity index (χ2v) is 6.75. The molecule has 0 saturated carbocycles. The molecule has 1 aliphatic carbocycles. The molecule has 8 heteroatoms. The third-order valence-electron chi connectivity index (χ3n) is 4.98. The van der Waals surface area contributed by atoms with E-state index in [4.69, 9.17) is 4.74 Å². The third-order valence-corrected chi connectivity index (χ3v) is 4.98. The Balaban J connectivity index is 1.57. The molecule has 0 radical (unpaired) electrons. The molecule has 1 aliphatic rings. The number of nitrogens with zero attached hydrogens (tertiary/aromatic N) is 5. The number of hydrogen-bond acceptors (Lipinski definition) is 7. The van der Waals surface area contributed by atoms with Gasteiger partial charge in [0.1, 0.15) is 17.6 Å². The highest BCUT2D eigenvalue weighted by Crippen LogP contribution is 2.33. The summed E-state index contributed by atoms with van der Waals surface area (Å²) < 4.78 is 19.0. The molecule has 29 heavy (non-hydrogen) atoms. The molecular formula is C21H20FN5O2. The highest BCUT2D eigenvalue weighted by atomic mass is 19.1. The molecule has 1 N–H and O–H groups in total. The Bertz CT molecular complexity index is 1040. The first-order valence-corrected chi connectivity index (χ1v) is 9.14. The SMILES string of the molecule is COc1cc(-c2ccc(-c3cnc(N(C)[C@@H]4CC=C[C@@H]4F)nn3)c(O)c2)ccn1. The molecule has 2 heterocycles. The Morgan fingerprint density at radius 2 is 1.97 bits per heavy atom. The van der Waals surface area contributed by atoms with Gasteiger partial charge in [0.15, 0.2) is 0 Å². The molecule has 3 aromatic rings. The number of phenols is 1. The highest BCUT2D eigenvalue weighted by molar-refractivity contribution is 5.74. The van der Waals surface area contributed by atoms with Gasteiger partial charge in [0.25, 0.3) is 0 Å². The van der Waals surface area contributed by atoms with Crippen molar-refractivity contribution in [1.82, 2.24) is 20.2 Å². The maximum Gasteiger partial charge on any atom is 0.245 e. The Morgan fingerprint density at radius 1 is 1.14 bits per heavy atom. The van der Waals surface area contributed by atoms with Gasteiger partial charge in [0.05, 0.1) is 19.3 Å². The number of hydrogen-bond donors (Lipinski definition) is 1. The van der Waals surface area contributed by atoms with Gasteiger partial charge in [-0.15, -0.1) is 10.2 Å². The van der Waals surface area contributed by atoms with Crippen molar-refractivity contribution in [2.75, 3.05) is 19.1 Å². The van der Waals surface area contributed by atoms with Crippen LogP contribution in [0.4, 0.5) is 10.3 Å². The van der Waals surface area contributed by atoms with Crippen LogP contribution in [0.2, 0.25) is 0 Å². The van der Waals surface area contributed by atoms with Gasteiger partial charge in [-0.2, -0.15) is 0 Å². The van der Waals surface area contributed by atoms with E-state index in [0.717, 1.165) is 11.1 Å². The lowest BCUT2D eigenvalue weighted by Gasteiger charge is -2.25. The van der Waals surface area contributed by atoms with Crippen molar-refractivity contribution in [3.63, 3.8) is 0 Å². The maximum atomic E-state index is 13.9. The molecule has 0 fully saturated rings. The summed E-state index contributed by atoms with van der Waals surface area (Å²) in [5.41, 5.74) is 2.62. The molecule has 7 nitrogen and oxygen atoms in total. The van der Waals surface area contributed by atoms with Crippen LogP contribution in [0.5, 0.6) is 11.6 Å². The molecule has 0 unspecified atom stereocenters. The quantitative estimate of drug-likeness (QED) is 0.665. The summed E-state index contributed by atoms with van der Waals surface area (Å²) in [6, 6.07) is 8.56. The number of pyridine rings is 1. The number of aromatic nitrogens is 4. The number of benzene rings is 1. The van der Waals surface area contributed by atoms with Crippen molar-refractivity contribution in [3.05, 3.63) is 54.9 Å². The smallest absolute Gasteiger partial charge is 0.245 e. The van der Waals surface area contributed by atoms with Crippen LogP contribution in [-0.2, 0) is 0 Å². The molecule has 0 aliphatic heterocycles. The van der Waals surface area contributed by atoms with Gasteiger partial charge in [0.2, 0.25) is 11.8 Å². The van der Waals surface area contributed by atoms with Gasteiger partial charge >= 0.3 is 0 Å². The largest absolute Gasteiger partial charge is 0.507 e. The lowest BCUT2D eigenvalue weighted by atomic mass is 10.0. The molecule has 0 spiro atoms. The Kier molecular flexibility index (Phi) is 5.07. The third kappa shape index (κ3) is 3.73. The summed E-state index contributed by atoms with van der Waals surface area (Å²) in [6.45, 7) is 0. The zero-order chi connectivity index (χ0) is 20.4. The van der Waals surface area contributed by atoms with Crippen molar-refractivity contribution in [3.8, 4) is 34.0 Å². The molecule has 2 atom stereocenters. The van der Waals surface area contributed by atoms with Gasteiger partial charge in [-0.25, -0.2) is 14.4 Å². The minimum absolute atomic E-state index is 0.0549. The Hall–Kier alpha value is -3.55. The summed E-state index contributed by atoms with van der Waals surface area (Å²) in [5, 5.41) is 18.8. The lowest BCUT2D eigenvalue weighted by Crippen LogP contribution is -2.37. The summed E-state index contributed by atoms with van der Waals surface area (Å²) >= 11 is 0. The van der Waals surface area contributed by atoms with Crippen LogP contribution in [-0.4, -0.2) is 51.6 Å². The van der Waals surface area contributed by atoms with Gasteiger partial charge in [-0.05, 0) is 35.7 Å². The van der Waals surface area contributed by atoms with Crippen molar-refractivity contribution in [2.45, 2.75) is 18.6 Å². The minimum Gasteiger partial charge on any atom is -0.507 e. The zero-order valence-corrected chi connectivity index (χ0v) is 16.0. The van der Waals surface area contributed by atoms with Gasteiger partial charge in [-0.3, -0.25) is 0 Å². The summed E-state index contributed by atoms with van der Waals surface area (Å²) in [5.74, 6) is 0.887. The standard InChI is InChI=1S/C21H20FN5O2/c1-27(18-5-3-4-16(18)22)21-24-12-17(25-26-21)15-7-6-13(10-19(15)28)14-8-9-23-20(11-14)29-2/h3-4,6-12,16,18,28H,5H2,1-2H3/t16-,18+/m0/s1. The van der Waals surface area contributed by atoms with Gasteiger partial charge in [0, 0.05) is 24.9 Å². The Morgan fingerprint density at radius 3 is 2.62 bits per heavy atom. The molecule has 0 amide bonds. The number of anilines is 1. The fraction of sp³-hybridized carbons (Fsp3) is 0.238. The lowest BCUT2D eigenvalue weighted by molar-refractivity contribution is 0.347. The number of aromatic hydroxyl groups is 1. The molecular weight excluding hydrogens is 373 g/mol. The number of alkyl halides is 1. The molecule has 4 rings (SSSR count). The number of phenolic OH excluding ortho intramolecular Hbond substituents is 1. The second-order valence-electron chi connectivity index (χ2n) is 6.75. The maximum absolute atomic E-state index is 13.9. The van der Waals surface area contributed by atoms with E-state index in [-0.39, 0.29) is 11.8 Å². The average molecular weight is 393 g/mol. The van der Waals surface area contributed by atoms with E-state index >= 15 is 0 Å². The highest BCUT2D eigenvalue weighted by Gasteiger charge is 2.28. The van der Waals surface area contributed by atoms with E-state index < -0.39 is 6.17 Å². The number of rotatable bonds is 5. The minimum atomic E-state index is -1.05. The van der Waals surface area contributed by atoms with Crippen molar-refractivity contribution in [2.24, 2.45) is 0 Å². The first kappa shape index (κ1) is 18.8. The number of methoxy groups -OCH3 is 1. The first-order valence-electron chi connectivity index (χ1n) is 9.14. The summed E-state index contributed by atoms with van der Waals surface area (Å²) in [4.78, 5) is 10.1. The molecule has 1 aromatic carbocycles. The predicted molar refractivity (Wildman–Crippen MR) is 108 cm³/mol. The molecule has 0 saturated heterocycles. The molecule has 2 aromatic heterocycles. The van der Waals surface area contributed by atoms with Crippen LogP contribution < -0.4 is 9.64 Å². The Labute approximate surface area is 167 Å². The number of ether oxygens (including phenoxy) is 1. The van der Waals surface area contributed by atoms with E-state index in [9.17, 15) is 9.50 Å². The second kappa shape index (κ2) is 7.83. The van der Waals surface area contributed by atoms with E-state index in [1.54, 1.807) is 49.5 Å². The number of halogens is 1. The monoisotopic (exact) mass is 393 g/mol. The van der Waals surface area contributed by atoms with Crippen molar-refractivity contribution in [1.29, 1.82) is 0 Å². The molecule has 0 bridgehead atoms. The van der Waals surface area contributed by atoms with Crippen LogP contribution in [0.25, 0.3) is 22.4 Å². The van der Waals surface area contributed by atoms with Gasteiger partial charge < -0.3 is 14.7 Å². The summed E-state index contributed by atoms with van der Waals surface area (Å²) in [6.07, 6.45) is 6.08. The first-order chi connectivity index (χ1) is 14.1. The summed E-state index contributed by atoms with van der Waals surface area (Å²) in [7, 11) is 3.30. The van der Waals surface area contributed by atoms with Crippen LogP contribution in [0.3, 0.4) is 0 Å². The van der Waals surface area contributed by atoms with Crippen molar-refractivity contribution >= 4 is 5.95 Å². The van der Waals surface area contributed by atoms with Crippen LogP contribution in [0.15, 0.2) is 54.9 Å². The average Bonchev–Trinajstić information content (AvgIpc) is 3.19. The fourth-order valence-electron chi connectivity index (χ4n) is 3.31. The van der Waals surface area contributed by atoms with Crippen LogP contribution >= 0.6 is 0 Å². The van der Waals surface area contributed by atoms with E-state index in [1.165, 1.54) is 6.20 Å². The van der Waals surface area contributed by atoms with E-state index in [0.29, 0.717) is 29.5 Å². The van der Waals surface area contributed by atoms with E-state index in [2.05, 4.69) is 20.2 Å². The predicted octanol–water partition coefficient (Wildman–Crippen LogP) is 3.42. The van der Waals surface area contributed by atoms with E-state index in [1.807, 2.05) is 18.2 Å². The topological polar surface area (TPSA) is 84.3 Å². The zero-order valence-electron chi connectivity index (χ0n) is 16.0. The van der Waals surface area contributed by atoms with Crippen LogP contribution in [0.1, 0.15) is 6.42 Å². The normalized spacial score (nSPS) is 18.0. The molecule has 148 valence electrons. The van der Waals surface area contributed by atoms with Crippen LogP contribution in [0, 0.1) is 0 Å². The fourth-order valence-corrected chi connectivity index (χ4v) is 3.31.